The zero-order valence-electron chi connectivity index (χ0n) is 11.3. The summed E-state index contributed by atoms with van der Waals surface area (Å²) in [5.74, 6) is -2.64. The quantitative estimate of drug-likeness (QED) is 0.774. The molecule has 0 heterocycles. The minimum Gasteiger partial charge on any atom is -0.397 e. The summed E-state index contributed by atoms with van der Waals surface area (Å²) in [5, 5.41) is 2.41. The summed E-state index contributed by atoms with van der Waals surface area (Å²) in [6.45, 7) is 3.96. The normalized spacial score (nSPS) is 10.8. The summed E-state index contributed by atoms with van der Waals surface area (Å²) in [4.78, 5) is 12.1. The average Bonchev–Trinajstić information content (AvgIpc) is 2.38. The summed E-state index contributed by atoms with van der Waals surface area (Å²) in [6, 6.07) is 2.18. The lowest BCUT2D eigenvalue weighted by Crippen LogP contribution is -2.24. The molecule has 0 saturated carbocycles. The predicted octanol–water partition coefficient (Wildman–Crippen LogP) is 3.70. The molecule has 1 aromatic carbocycles. The molecule has 0 unspecified atom stereocenters. The lowest BCUT2D eigenvalue weighted by Gasteiger charge is -2.16. The number of benzene rings is 1. The van der Waals surface area contributed by atoms with Crippen LogP contribution < -0.4 is 11.1 Å². The van der Waals surface area contributed by atoms with E-state index in [1.54, 1.807) is 0 Å². The van der Waals surface area contributed by atoms with Gasteiger partial charge in [-0.05, 0) is 25.0 Å². The van der Waals surface area contributed by atoms with Gasteiger partial charge in [0, 0.05) is 5.92 Å². The van der Waals surface area contributed by atoms with Crippen molar-refractivity contribution in [3.8, 4) is 0 Å². The Morgan fingerprint density at radius 3 is 2.37 bits per heavy atom. The average molecular weight is 270 g/mol. The van der Waals surface area contributed by atoms with E-state index < -0.39 is 11.6 Å². The van der Waals surface area contributed by atoms with E-state index in [0.29, 0.717) is 0 Å². The molecule has 0 atom stereocenters. The van der Waals surface area contributed by atoms with Gasteiger partial charge in [0.2, 0.25) is 5.91 Å². The maximum Gasteiger partial charge on any atom is 0.227 e. The van der Waals surface area contributed by atoms with Gasteiger partial charge < -0.3 is 11.1 Å². The Hall–Kier alpha value is -1.65. The fraction of sp³-hybridized carbons (Fsp3) is 0.500. The number of carbonyl (C=O) groups is 1. The van der Waals surface area contributed by atoms with E-state index in [1.807, 2.05) is 13.8 Å². The van der Waals surface area contributed by atoms with Crippen LogP contribution in [0.15, 0.2) is 12.1 Å². The van der Waals surface area contributed by atoms with Crippen LogP contribution in [0.3, 0.4) is 0 Å². The minimum absolute atomic E-state index is 0.0268. The largest absolute Gasteiger partial charge is 0.397 e. The van der Waals surface area contributed by atoms with Crippen molar-refractivity contribution in [1.82, 2.24) is 0 Å². The zero-order chi connectivity index (χ0) is 14.4. The van der Waals surface area contributed by atoms with Gasteiger partial charge in [0.15, 0.2) is 11.6 Å². The van der Waals surface area contributed by atoms with Crippen LogP contribution in [0.1, 0.15) is 39.5 Å². The summed E-state index contributed by atoms with van der Waals surface area (Å²) >= 11 is 0. The molecule has 0 aliphatic heterocycles. The van der Waals surface area contributed by atoms with Gasteiger partial charge >= 0.3 is 0 Å². The highest BCUT2D eigenvalue weighted by Crippen LogP contribution is 2.26. The maximum absolute atomic E-state index is 13.6. The number of hydrogen-bond acceptors (Lipinski definition) is 2. The third kappa shape index (κ3) is 3.91. The van der Waals surface area contributed by atoms with Gasteiger partial charge in [-0.15, -0.1) is 0 Å². The van der Waals surface area contributed by atoms with Gasteiger partial charge in [0.05, 0.1) is 5.69 Å². The molecule has 106 valence electrons. The lowest BCUT2D eigenvalue weighted by molar-refractivity contribution is -0.120. The first-order valence-electron chi connectivity index (χ1n) is 6.55. The van der Waals surface area contributed by atoms with Crippen molar-refractivity contribution in [1.29, 1.82) is 0 Å². The number of hydrogen-bond donors (Lipinski definition) is 2. The Kier molecular flexibility index (Phi) is 5.73. The number of nitrogens with two attached hydrogens (primary N) is 1. The van der Waals surface area contributed by atoms with Crippen molar-refractivity contribution in [3.63, 3.8) is 0 Å². The summed E-state index contributed by atoms with van der Waals surface area (Å²) in [7, 11) is 0. The Morgan fingerprint density at radius 1 is 1.26 bits per heavy atom. The van der Waals surface area contributed by atoms with E-state index in [2.05, 4.69) is 5.32 Å². The Bertz CT molecular complexity index is 443. The van der Waals surface area contributed by atoms with Crippen molar-refractivity contribution in [3.05, 3.63) is 23.8 Å². The molecule has 3 N–H and O–H groups in total. The monoisotopic (exact) mass is 270 g/mol. The zero-order valence-corrected chi connectivity index (χ0v) is 11.3. The summed E-state index contributed by atoms with van der Waals surface area (Å²) in [6.07, 6.45) is 3.16. The SMILES string of the molecule is CCCC(CCC)C(=O)Nc1c(N)ccc(F)c1F. The number of nitrogen functional groups attached to an aromatic ring is 1. The van der Waals surface area contributed by atoms with Crippen LogP contribution >= 0.6 is 0 Å². The molecule has 0 spiro atoms. The molecule has 0 radical (unpaired) electrons. The second-order valence-corrected chi connectivity index (χ2v) is 4.59. The molecule has 5 heteroatoms. The van der Waals surface area contributed by atoms with Crippen LogP contribution in [0.25, 0.3) is 0 Å². The summed E-state index contributed by atoms with van der Waals surface area (Å²) < 4.78 is 26.7. The van der Waals surface area contributed by atoms with Crippen LogP contribution in [0.4, 0.5) is 20.2 Å². The highest BCUT2D eigenvalue weighted by atomic mass is 19.2. The fourth-order valence-corrected chi connectivity index (χ4v) is 2.02. The number of rotatable bonds is 6. The molecule has 3 nitrogen and oxygen atoms in total. The second kappa shape index (κ2) is 7.07. The molecule has 0 aliphatic carbocycles. The Labute approximate surface area is 112 Å². The van der Waals surface area contributed by atoms with E-state index in [9.17, 15) is 13.6 Å². The predicted molar refractivity (Wildman–Crippen MR) is 72.7 cm³/mol. The van der Waals surface area contributed by atoms with Crippen molar-refractivity contribution < 1.29 is 13.6 Å². The smallest absolute Gasteiger partial charge is 0.227 e. The number of carbonyl (C=O) groups excluding carboxylic acids is 1. The Balaban J connectivity index is 2.89. The molecule has 1 rings (SSSR count). The molecule has 0 fully saturated rings. The highest BCUT2D eigenvalue weighted by Gasteiger charge is 2.20. The first-order chi connectivity index (χ1) is 9.01. The van der Waals surface area contributed by atoms with Gasteiger partial charge in [0.25, 0.3) is 0 Å². The van der Waals surface area contributed by atoms with E-state index >= 15 is 0 Å². The topological polar surface area (TPSA) is 55.1 Å². The first kappa shape index (κ1) is 15.4. The summed E-state index contributed by atoms with van der Waals surface area (Å²) in [5.41, 5.74) is 5.33. The minimum atomic E-state index is -1.11. The van der Waals surface area contributed by atoms with Crippen molar-refractivity contribution in [2.75, 3.05) is 11.1 Å². The molecule has 0 aliphatic rings. The number of halogens is 2. The van der Waals surface area contributed by atoms with Crippen LogP contribution in [0, 0.1) is 17.6 Å². The molecular weight excluding hydrogens is 250 g/mol. The second-order valence-electron chi connectivity index (χ2n) is 4.59. The maximum atomic E-state index is 13.6. The van der Waals surface area contributed by atoms with Crippen LogP contribution in [-0.4, -0.2) is 5.91 Å². The van der Waals surface area contributed by atoms with E-state index in [0.717, 1.165) is 31.7 Å². The van der Waals surface area contributed by atoms with Gasteiger partial charge in [-0.2, -0.15) is 0 Å². The van der Waals surface area contributed by atoms with Crippen molar-refractivity contribution in [2.45, 2.75) is 39.5 Å². The Morgan fingerprint density at radius 2 is 1.84 bits per heavy atom. The third-order valence-electron chi connectivity index (χ3n) is 3.02. The molecular formula is C14H20F2N2O. The fourth-order valence-electron chi connectivity index (χ4n) is 2.02. The van der Waals surface area contributed by atoms with E-state index in [4.69, 9.17) is 5.73 Å². The lowest BCUT2D eigenvalue weighted by atomic mass is 9.97. The van der Waals surface area contributed by atoms with Crippen molar-refractivity contribution in [2.24, 2.45) is 5.92 Å². The first-order valence-corrected chi connectivity index (χ1v) is 6.55. The number of anilines is 2. The van der Waals surface area contributed by atoms with Crippen LogP contribution in [0.5, 0.6) is 0 Å². The van der Waals surface area contributed by atoms with E-state index in [-0.39, 0.29) is 23.2 Å². The highest BCUT2D eigenvalue weighted by molar-refractivity contribution is 5.95. The van der Waals surface area contributed by atoms with Gasteiger partial charge in [-0.25, -0.2) is 8.78 Å². The van der Waals surface area contributed by atoms with Crippen molar-refractivity contribution >= 4 is 17.3 Å². The van der Waals surface area contributed by atoms with Crippen LogP contribution in [-0.2, 0) is 4.79 Å². The van der Waals surface area contributed by atoms with Gasteiger partial charge in [-0.1, -0.05) is 26.7 Å². The molecule has 19 heavy (non-hydrogen) atoms. The standard InChI is InChI=1S/C14H20F2N2O/c1-3-5-9(6-4-2)14(19)18-13-11(17)8-7-10(15)12(13)16/h7-9H,3-6,17H2,1-2H3,(H,18,19). The third-order valence-corrected chi connectivity index (χ3v) is 3.02. The molecule has 0 saturated heterocycles. The molecule has 0 aromatic heterocycles. The number of nitrogens with one attached hydrogen (secondary N) is 1. The van der Waals surface area contributed by atoms with Gasteiger partial charge in [-0.3, -0.25) is 4.79 Å². The van der Waals surface area contributed by atoms with E-state index in [1.165, 1.54) is 6.07 Å². The van der Waals surface area contributed by atoms with Crippen LogP contribution in [0.2, 0.25) is 0 Å². The molecule has 1 aromatic rings. The van der Waals surface area contributed by atoms with Gasteiger partial charge in [0.1, 0.15) is 5.69 Å². The molecule has 0 bridgehead atoms. The number of amides is 1. The molecule has 1 amide bonds.